The van der Waals surface area contributed by atoms with Crippen molar-refractivity contribution in [2.45, 2.75) is 12.8 Å². The Morgan fingerprint density at radius 3 is 2.11 bits per heavy atom. The monoisotopic (exact) mass is 308 g/mol. The number of carbonyl (C=O) groups excluding carboxylic acids is 1. The minimum absolute atomic E-state index is 0.0791. The summed E-state index contributed by atoms with van der Waals surface area (Å²) in [7, 11) is -3.92. The maximum absolute atomic E-state index is 12.3. The number of hydrogen-bond donors (Lipinski definition) is 0. The van der Waals surface area contributed by atoms with Gasteiger partial charge in [-0.15, -0.1) is 0 Å². The van der Waals surface area contributed by atoms with E-state index in [1.165, 1.54) is 10.6 Å². The standard InChI is InChI=1S/C11H20N2O4S2/c1-19(16,17)13-4-2-10(3-5-13)11(14)12-6-8-18(15)9-7-12/h10H,2-9H2,1H3. The molecule has 0 aromatic heterocycles. The molecule has 0 aromatic carbocycles. The molecule has 6 nitrogen and oxygen atoms in total. The van der Waals surface area contributed by atoms with Crippen LogP contribution in [-0.2, 0) is 25.6 Å². The molecule has 2 heterocycles. The quantitative estimate of drug-likeness (QED) is 0.673. The Morgan fingerprint density at radius 2 is 1.63 bits per heavy atom. The minimum Gasteiger partial charge on any atom is -0.341 e. The lowest BCUT2D eigenvalue weighted by Gasteiger charge is -2.34. The molecular formula is C11H20N2O4S2. The first-order valence-electron chi connectivity index (χ1n) is 6.47. The van der Waals surface area contributed by atoms with E-state index in [9.17, 15) is 17.4 Å². The van der Waals surface area contributed by atoms with E-state index in [0.29, 0.717) is 50.5 Å². The number of piperidine rings is 1. The second-order valence-corrected chi connectivity index (χ2v) is 8.79. The molecule has 0 N–H and O–H groups in total. The molecule has 0 aliphatic carbocycles. The van der Waals surface area contributed by atoms with Crippen molar-refractivity contribution in [1.82, 2.24) is 9.21 Å². The van der Waals surface area contributed by atoms with Crippen LogP contribution in [0.4, 0.5) is 0 Å². The molecule has 2 aliphatic heterocycles. The first kappa shape index (κ1) is 14.9. The summed E-state index contributed by atoms with van der Waals surface area (Å²) in [6, 6.07) is 0. The highest BCUT2D eigenvalue weighted by Gasteiger charge is 2.32. The normalized spacial score (nSPS) is 24.6. The van der Waals surface area contributed by atoms with E-state index >= 15 is 0 Å². The molecule has 19 heavy (non-hydrogen) atoms. The fourth-order valence-electron chi connectivity index (χ4n) is 2.55. The fraction of sp³-hybridized carbons (Fsp3) is 0.909. The predicted molar refractivity (Wildman–Crippen MR) is 73.6 cm³/mol. The van der Waals surface area contributed by atoms with Crippen LogP contribution in [0.5, 0.6) is 0 Å². The van der Waals surface area contributed by atoms with Gasteiger partial charge in [0.15, 0.2) is 0 Å². The first-order valence-corrected chi connectivity index (χ1v) is 9.80. The van der Waals surface area contributed by atoms with E-state index in [0.717, 1.165) is 0 Å². The van der Waals surface area contributed by atoms with Gasteiger partial charge in [0.05, 0.1) is 6.26 Å². The minimum atomic E-state index is -3.14. The lowest BCUT2D eigenvalue weighted by molar-refractivity contribution is -0.136. The number of rotatable bonds is 2. The molecule has 2 saturated heterocycles. The third kappa shape index (κ3) is 3.76. The Kier molecular flexibility index (Phi) is 4.62. The van der Waals surface area contributed by atoms with E-state index in [2.05, 4.69) is 0 Å². The second-order valence-electron chi connectivity index (χ2n) is 5.11. The Balaban J connectivity index is 1.87. The zero-order valence-corrected chi connectivity index (χ0v) is 12.7. The summed E-state index contributed by atoms with van der Waals surface area (Å²) in [6.45, 7) is 1.99. The Bertz CT molecular complexity index is 459. The average molecular weight is 308 g/mol. The molecule has 0 spiro atoms. The van der Waals surface area contributed by atoms with Gasteiger partial charge in [-0.05, 0) is 12.8 Å². The van der Waals surface area contributed by atoms with Gasteiger partial charge in [0, 0.05) is 54.4 Å². The maximum Gasteiger partial charge on any atom is 0.225 e. The van der Waals surface area contributed by atoms with Gasteiger partial charge in [-0.2, -0.15) is 0 Å². The zero-order valence-electron chi connectivity index (χ0n) is 11.1. The first-order chi connectivity index (χ1) is 8.88. The van der Waals surface area contributed by atoms with E-state index in [4.69, 9.17) is 0 Å². The Labute approximate surface area is 116 Å². The Morgan fingerprint density at radius 1 is 1.11 bits per heavy atom. The molecule has 8 heteroatoms. The van der Waals surface area contributed by atoms with Crippen molar-refractivity contribution < 1.29 is 17.4 Å². The Hall–Kier alpha value is -0.470. The molecule has 0 radical (unpaired) electrons. The third-order valence-corrected chi connectivity index (χ3v) is 6.34. The molecule has 0 bridgehead atoms. The third-order valence-electron chi connectivity index (χ3n) is 3.76. The van der Waals surface area contributed by atoms with Gasteiger partial charge in [0.25, 0.3) is 0 Å². The molecule has 2 aliphatic rings. The second kappa shape index (κ2) is 5.88. The van der Waals surface area contributed by atoms with Crippen LogP contribution in [0.25, 0.3) is 0 Å². The van der Waals surface area contributed by atoms with Crippen LogP contribution >= 0.6 is 0 Å². The molecule has 1 amide bonds. The van der Waals surface area contributed by atoms with Crippen molar-refractivity contribution in [3.05, 3.63) is 0 Å². The topological polar surface area (TPSA) is 74.8 Å². The molecule has 0 atom stereocenters. The van der Waals surface area contributed by atoms with Gasteiger partial charge >= 0.3 is 0 Å². The highest BCUT2D eigenvalue weighted by molar-refractivity contribution is 7.88. The highest BCUT2D eigenvalue weighted by Crippen LogP contribution is 2.21. The van der Waals surface area contributed by atoms with Crippen molar-refractivity contribution >= 4 is 26.7 Å². The molecule has 0 saturated carbocycles. The van der Waals surface area contributed by atoms with Gasteiger partial charge in [0.2, 0.25) is 15.9 Å². The van der Waals surface area contributed by atoms with Crippen LogP contribution in [0.1, 0.15) is 12.8 Å². The van der Waals surface area contributed by atoms with E-state index in [1.54, 1.807) is 4.90 Å². The van der Waals surface area contributed by atoms with Gasteiger partial charge < -0.3 is 4.90 Å². The summed E-state index contributed by atoms with van der Waals surface area (Å²) >= 11 is 0. The van der Waals surface area contributed by atoms with Crippen LogP contribution in [0.3, 0.4) is 0 Å². The zero-order chi connectivity index (χ0) is 14.0. The van der Waals surface area contributed by atoms with Crippen LogP contribution in [0.2, 0.25) is 0 Å². The van der Waals surface area contributed by atoms with Gasteiger partial charge in [-0.25, -0.2) is 12.7 Å². The lowest BCUT2D eigenvalue weighted by atomic mass is 9.96. The number of nitrogens with zero attached hydrogens (tertiary/aromatic N) is 2. The molecule has 2 fully saturated rings. The molecular weight excluding hydrogens is 288 g/mol. The molecule has 0 aromatic rings. The van der Waals surface area contributed by atoms with Crippen LogP contribution < -0.4 is 0 Å². The van der Waals surface area contributed by atoms with Crippen molar-refractivity contribution in [2.75, 3.05) is 43.9 Å². The highest BCUT2D eigenvalue weighted by atomic mass is 32.2. The van der Waals surface area contributed by atoms with Crippen molar-refractivity contribution in [3.8, 4) is 0 Å². The molecule has 2 rings (SSSR count). The number of sulfonamides is 1. The largest absolute Gasteiger partial charge is 0.341 e. The summed E-state index contributed by atoms with van der Waals surface area (Å²) in [5, 5.41) is 0. The van der Waals surface area contributed by atoms with Crippen LogP contribution in [0.15, 0.2) is 0 Å². The van der Waals surface area contributed by atoms with Crippen molar-refractivity contribution in [3.63, 3.8) is 0 Å². The van der Waals surface area contributed by atoms with Gasteiger partial charge in [-0.3, -0.25) is 9.00 Å². The van der Waals surface area contributed by atoms with Crippen LogP contribution in [0, 0.1) is 5.92 Å². The SMILES string of the molecule is CS(=O)(=O)N1CCC(C(=O)N2CCS(=O)CC2)CC1. The summed E-state index contributed by atoms with van der Waals surface area (Å²) in [5.74, 6) is 1.15. The van der Waals surface area contributed by atoms with Gasteiger partial charge in [0.1, 0.15) is 0 Å². The number of amides is 1. The van der Waals surface area contributed by atoms with Crippen molar-refractivity contribution in [2.24, 2.45) is 5.92 Å². The average Bonchev–Trinajstić information content (AvgIpc) is 2.38. The molecule has 110 valence electrons. The fourth-order valence-corrected chi connectivity index (χ4v) is 4.48. The maximum atomic E-state index is 12.3. The number of hydrogen-bond acceptors (Lipinski definition) is 4. The summed E-state index contributed by atoms with van der Waals surface area (Å²) in [5.41, 5.74) is 0. The molecule has 0 unspecified atom stereocenters. The van der Waals surface area contributed by atoms with Gasteiger partial charge in [-0.1, -0.05) is 0 Å². The van der Waals surface area contributed by atoms with Crippen molar-refractivity contribution in [1.29, 1.82) is 0 Å². The van der Waals surface area contributed by atoms with E-state index < -0.39 is 20.8 Å². The predicted octanol–water partition coefficient (Wildman–Crippen LogP) is -0.751. The lowest BCUT2D eigenvalue weighted by Crippen LogP contribution is -2.48. The summed E-state index contributed by atoms with van der Waals surface area (Å²) in [6.07, 6.45) is 2.38. The van der Waals surface area contributed by atoms with E-state index in [-0.39, 0.29) is 11.8 Å². The summed E-state index contributed by atoms with van der Waals surface area (Å²) < 4.78 is 35.5. The van der Waals surface area contributed by atoms with Crippen LogP contribution in [-0.4, -0.2) is 71.7 Å². The van der Waals surface area contributed by atoms with E-state index in [1.807, 2.05) is 0 Å². The smallest absolute Gasteiger partial charge is 0.225 e. The summed E-state index contributed by atoms with van der Waals surface area (Å²) in [4.78, 5) is 14.1. The number of carbonyl (C=O) groups is 1.